The fourth-order valence-electron chi connectivity index (χ4n) is 2.87. The van der Waals surface area contributed by atoms with Crippen molar-refractivity contribution in [3.8, 4) is 0 Å². The number of β-lactam (4-membered cyclic amide) rings is 1. The number of alkyl halides is 2. The summed E-state index contributed by atoms with van der Waals surface area (Å²) in [6, 6.07) is -0.965. The van der Waals surface area contributed by atoms with Crippen molar-refractivity contribution in [3.05, 3.63) is 11.3 Å². The van der Waals surface area contributed by atoms with Gasteiger partial charge in [0, 0.05) is 5.33 Å². The predicted octanol–water partition coefficient (Wildman–Crippen LogP) is 0.734. The second-order valence-electron chi connectivity index (χ2n) is 6.27. The second-order valence-corrected chi connectivity index (χ2v) is 16.6. The number of hydrogen-bond acceptors (Lipinski definition) is 4. The number of aliphatic carboxylic acids is 1. The van der Waals surface area contributed by atoms with E-state index in [4.69, 9.17) is 0 Å². The van der Waals surface area contributed by atoms with E-state index in [1.54, 1.807) is 0 Å². The Bertz CT molecular complexity index is 650. The molecular weight excluding hydrogens is 472 g/mol. The molecule has 0 aliphatic carbocycles. The number of amides is 2. The summed E-state index contributed by atoms with van der Waals surface area (Å²) < 4.78 is 12.2. The first-order chi connectivity index (χ1) is 10.5. The van der Waals surface area contributed by atoms with E-state index in [-0.39, 0.29) is 11.0 Å². The van der Waals surface area contributed by atoms with Crippen LogP contribution in [-0.4, -0.2) is 60.6 Å². The predicted molar refractivity (Wildman–Crippen MR) is 95.2 cm³/mol. The van der Waals surface area contributed by atoms with Gasteiger partial charge in [-0.1, -0.05) is 51.5 Å². The number of carboxylic acid groups (broad SMARTS) is 1. The number of carboxylic acids is 1. The summed E-state index contributed by atoms with van der Waals surface area (Å²) in [5.74, 6) is -1.81. The first-order valence-electron chi connectivity index (χ1n) is 6.69. The molecule has 0 aromatic rings. The molecule has 0 aromatic carbocycles. The Morgan fingerprint density at radius 1 is 1.52 bits per heavy atom. The van der Waals surface area contributed by atoms with E-state index in [0.29, 0.717) is 12.0 Å². The van der Waals surface area contributed by atoms with E-state index in [0.717, 1.165) is 4.90 Å². The van der Waals surface area contributed by atoms with Crippen molar-refractivity contribution in [3.63, 3.8) is 0 Å². The van der Waals surface area contributed by atoms with Gasteiger partial charge in [0.2, 0.25) is 6.41 Å². The van der Waals surface area contributed by atoms with Crippen molar-refractivity contribution in [2.45, 2.75) is 34.3 Å². The van der Waals surface area contributed by atoms with Crippen LogP contribution >= 0.6 is 31.9 Å². The first kappa shape index (κ1) is 18.8. The Kier molecular flexibility index (Phi) is 4.97. The molecule has 0 spiro atoms. The van der Waals surface area contributed by atoms with Crippen LogP contribution in [-0.2, 0) is 25.2 Å². The van der Waals surface area contributed by atoms with E-state index >= 15 is 0 Å². The van der Waals surface area contributed by atoms with Crippen LogP contribution in [0.4, 0.5) is 0 Å². The third kappa shape index (κ3) is 2.47. The van der Waals surface area contributed by atoms with Crippen LogP contribution in [0.15, 0.2) is 11.3 Å². The Labute approximate surface area is 153 Å². The van der Waals surface area contributed by atoms with E-state index in [2.05, 4.69) is 37.2 Å². The summed E-state index contributed by atoms with van der Waals surface area (Å²) in [5, 5.41) is 11.3. The van der Waals surface area contributed by atoms with Crippen molar-refractivity contribution in [1.29, 1.82) is 0 Å². The van der Waals surface area contributed by atoms with Gasteiger partial charge in [-0.2, -0.15) is 0 Å². The fraction of sp³-hybridized carbons (Fsp3) is 0.583. The van der Waals surface area contributed by atoms with Crippen molar-refractivity contribution >= 4 is 69.0 Å². The molecule has 128 valence electrons. The number of halogens is 2. The third-order valence-corrected chi connectivity index (χ3v) is 16.0. The van der Waals surface area contributed by atoms with Crippen molar-refractivity contribution in [1.82, 2.24) is 10.2 Å². The van der Waals surface area contributed by atoms with Gasteiger partial charge in [-0.15, -0.1) is 0 Å². The summed E-state index contributed by atoms with van der Waals surface area (Å²) >= 11 is 6.85. The minimum atomic E-state index is -2.22. The summed E-state index contributed by atoms with van der Waals surface area (Å²) in [6.45, 7) is 5.92. The quantitative estimate of drug-likeness (QED) is 0.257. The van der Waals surface area contributed by atoms with Crippen LogP contribution in [0.5, 0.6) is 0 Å². The topological polar surface area (TPSA) is 104 Å². The number of hydrogen-bond donors (Lipinski definition) is 2. The highest BCUT2D eigenvalue weighted by molar-refractivity contribution is 9.12. The highest BCUT2D eigenvalue weighted by Crippen LogP contribution is 2.51. The number of carbonyl (C=O) groups excluding carboxylic acids is 2. The van der Waals surface area contributed by atoms with Gasteiger partial charge < -0.3 is 10.4 Å². The van der Waals surface area contributed by atoms with Crippen LogP contribution < -0.4 is 5.32 Å². The Morgan fingerprint density at radius 2 is 2.09 bits per heavy atom. The smallest absolute Gasteiger partial charge is 0.352 e. The zero-order valence-corrected chi connectivity index (χ0v) is 17.6. The molecule has 2 aliphatic rings. The largest absolute Gasteiger partial charge is 0.477 e. The number of carbonyl (C=O) groups is 3. The Balaban J connectivity index is 2.73. The Hall–Kier alpha value is -0.523. The monoisotopic (exact) mass is 486 g/mol. The van der Waals surface area contributed by atoms with Gasteiger partial charge in [0.25, 0.3) is 5.91 Å². The molecule has 7 nitrogen and oxygen atoms in total. The SMILES string of the molecule is C[Si](C)(C)C1(Br)C(CBr)=C(C(=O)O)N2C(=O)C(NC=O)[C@H]2S1=O. The van der Waals surface area contributed by atoms with Gasteiger partial charge >= 0.3 is 5.97 Å². The molecule has 0 saturated carbocycles. The molecule has 0 radical (unpaired) electrons. The normalized spacial score (nSPS) is 33.9. The second kappa shape index (κ2) is 6.08. The van der Waals surface area contributed by atoms with Crippen LogP contribution in [0, 0.1) is 0 Å². The van der Waals surface area contributed by atoms with Crippen LogP contribution in [0.2, 0.25) is 19.6 Å². The fourth-order valence-corrected chi connectivity index (χ4v) is 10.8. The molecule has 2 rings (SSSR count). The number of nitrogens with one attached hydrogen (secondary N) is 1. The zero-order valence-electron chi connectivity index (χ0n) is 12.6. The maximum Gasteiger partial charge on any atom is 0.352 e. The highest BCUT2D eigenvalue weighted by Gasteiger charge is 2.66. The molecule has 0 aromatic heterocycles. The zero-order chi connectivity index (χ0) is 17.7. The van der Waals surface area contributed by atoms with Gasteiger partial charge in [0.05, 0.1) is 18.9 Å². The molecule has 0 bridgehead atoms. The maximum absolute atomic E-state index is 13.2. The molecule has 3 unspecified atom stereocenters. The molecule has 23 heavy (non-hydrogen) atoms. The average molecular weight is 488 g/mol. The van der Waals surface area contributed by atoms with Crippen LogP contribution in [0.3, 0.4) is 0 Å². The lowest BCUT2D eigenvalue weighted by Gasteiger charge is -2.55. The lowest BCUT2D eigenvalue weighted by atomic mass is 10.0. The molecule has 2 heterocycles. The Morgan fingerprint density at radius 3 is 2.48 bits per heavy atom. The molecule has 1 fully saturated rings. The van der Waals surface area contributed by atoms with Crippen molar-refractivity contribution < 1.29 is 23.7 Å². The third-order valence-electron chi connectivity index (χ3n) is 4.00. The molecule has 2 aliphatic heterocycles. The molecule has 2 amide bonds. The van der Waals surface area contributed by atoms with E-state index in [1.165, 1.54) is 0 Å². The standard InChI is InChI=1S/C12H16Br2N2O5SSi/c1-23(2,3)12(14)6(4-13)8(11(19)20)16-9(18)7(15-5-17)10(16)22(12)21/h5,7,10H,4H2,1-3H3,(H,15,17)(H,19,20)/t7?,10-,12?,22?/m1/s1. The number of nitrogens with zero attached hydrogens (tertiary/aromatic N) is 1. The molecule has 11 heteroatoms. The van der Waals surface area contributed by atoms with Gasteiger partial charge in [0.1, 0.15) is 20.4 Å². The summed E-state index contributed by atoms with van der Waals surface area (Å²) in [4.78, 5) is 35.7. The van der Waals surface area contributed by atoms with E-state index in [1.807, 2.05) is 19.6 Å². The highest BCUT2D eigenvalue weighted by atomic mass is 79.9. The summed E-state index contributed by atoms with van der Waals surface area (Å²) in [7, 11) is -3.83. The lowest BCUT2D eigenvalue weighted by Crippen LogP contribution is -2.77. The minimum absolute atomic E-state index is 0.153. The lowest BCUT2D eigenvalue weighted by molar-refractivity contribution is -0.150. The number of fused-ring (bicyclic) bond motifs is 1. The summed E-state index contributed by atoms with van der Waals surface area (Å²) in [5.41, 5.74) is 0.247. The minimum Gasteiger partial charge on any atom is -0.477 e. The van der Waals surface area contributed by atoms with Crippen LogP contribution in [0.1, 0.15) is 0 Å². The van der Waals surface area contributed by atoms with Crippen molar-refractivity contribution in [2.75, 3.05) is 5.33 Å². The number of rotatable bonds is 5. The van der Waals surface area contributed by atoms with Gasteiger partial charge in [-0.05, 0) is 5.57 Å². The first-order valence-corrected chi connectivity index (χ1v) is 13.3. The van der Waals surface area contributed by atoms with E-state index < -0.39 is 45.4 Å². The summed E-state index contributed by atoms with van der Waals surface area (Å²) in [6.07, 6.45) is 0.367. The van der Waals surface area contributed by atoms with Gasteiger partial charge in [-0.3, -0.25) is 18.7 Å². The molecule has 4 atom stereocenters. The van der Waals surface area contributed by atoms with Gasteiger partial charge in [-0.25, -0.2) is 4.79 Å². The molecule has 1 saturated heterocycles. The maximum atomic E-state index is 13.2. The van der Waals surface area contributed by atoms with E-state index in [9.17, 15) is 23.7 Å². The average Bonchev–Trinajstić information content (AvgIpc) is 2.45. The molecule has 2 N–H and O–H groups in total. The van der Waals surface area contributed by atoms with Crippen LogP contribution in [0.25, 0.3) is 0 Å². The van der Waals surface area contributed by atoms with Crippen molar-refractivity contribution in [2.24, 2.45) is 0 Å². The van der Waals surface area contributed by atoms with Gasteiger partial charge in [0.15, 0.2) is 0 Å². The molecular formula is C12H16Br2N2O5SSi.